The number of amides is 3. The van der Waals surface area contributed by atoms with E-state index in [1.807, 2.05) is 24.3 Å². The molecular weight excluding hydrogens is 330 g/mol. The highest BCUT2D eigenvalue weighted by molar-refractivity contribution is 6.30. The third-order valence-electron chi connectivity index (χ3n) is 5.01. The van der Waals surface area contributed by atoms with E-state index in [-0.39, 0.29) is 36.7 Å². The van der Waals surface area contributed by atoms with Gasteiger partial charge >= 0.3 is 6.03 Å². The molecule has 1 aliphatic carbocycles. The summed E-state index contributed by atoms with van der Waals surface area (Å²) in [5.41, 5.74) is 1.20. The van der Waals surface area contributed by atoms with Crippen LogP contribution in [-0.4, -0.2) is 54.7 Å². The fraction of sp³-hybridized carbons (Fsp3) is 0.529. The van der Waals surface area contributed by atoms with Gasteiger partial charge in [-0.05, 0) is 30.5 Å². The molecule has 7 heteroatoms. The molecule has 4 rings (SSSR count). The Morgan fingerprint density at radius 3 is 2.92 bits per heavy atom. The van der Waals surface area contributed by atoms with E-state index in [1.165, 1.54) is 5.56 Å². The Hall–Kier alpha value is -1.79. The van der Waals surface area contributed by atoms with E-state index in [4.69, 9.17) is 16.3 Å². The van der Waals surface area contributed by atoms with Gasteiger partial charge in [-0.25, -0.2) is 4.79 Å². The summed E-state index contributed by atoms with van der Waals surface area (Å²) >= 11 is 5.91. The van der Waals surface area contributed by atoms with Crippen molar-refractivity contribution in [2.24, 2.45) is 0 Å². The van der Waals surface area contributed by atoms with Crippen molar-refractivity contribution in [1.82, 2.24) is 15.5 Å². The molecule has 2 aliphatic heterocycles. The standard InChI is InChI=1S/C17H20ClN3O3/c18-11-3-1-10(2-4-11)12-7-13(12)20-17(23)21-6-5-15-14(8-21)19-16(22)9-24-15/h1-4,12-15H,5-9H2,(H,19,22)(H,20,23)/t12-,13+,14?,15?/m0/s1. The topological polar surface area (TPSA) is 70.7 Å². The highest BCUT2D eigenvalue weighted by Gasteiger charge is 2.42. The average Bonchev–Trinajstić information content (AvgIpc) is 3.34. The summed E-state index contributed by atoms with van der Waals surface area (Å²) < 4.78 is 5.52. The fourth-order valence-electron chi connectivity index (χ4n) is 3.57. The van der Waals surface area contributed by atoms with E-state index in [0.717, 1.165) is 17.9 Å². The minimum Gasteiger partial charge on any atom is -0.366 e. The van der Waals surface area contributed by atoms with Crippen LogP contribution in [0.25, 0.3) is 0 Å². The molecule has 2 N–H and O–H groups in total. The summed E-state index contributed by atoms with van der Waals surface area (Å²) in [6.07, 6.45) is 1.73. The van der Waals surface area contributed by atoms with Crippen molar-refractivity contribution in [3.63, 3.8) is 0 Å². The number of urea groups is 1. The first-order valence-corrected chi connectivity index (χ1v) is 8.70. The minimum atomic E-state index is -0.108. The molecule has 3 amide bonds. The molecule has 2 saturated heterocycles. The number of nitrogens with one attached hydrogen (secondary N) is 2. The van der Waals surface area contributed by atoms with Gasteiger partial charge in [-0.2, -0.15) is 0 Å². The molecule has 0 bridgehead atoms. The summed E-state index contributed by atoms with van der Waals surface area (Å²) in [6, 6.07) is 7.80. The van der Waals surface area contributed by atoms with Crippen LogP contribution in [0.2, 0.25) is 5.02 Å². The zero-order valence-electron chi connectivity index (χ0n) is 13.2. The molecule has 1 aromatic rings. The van der Waals surface area contributed by atoms with Crippen LogP contribution in [0.3, 0.4) is 0 Å². The van der Waals surface area contributed by atoms with Gasteiger partial charge in [0.05, 0.1) is 12.1 Å². The molecule has 3 aliphatic rings. The second-order valence-electron chi connectivity index (χ2n) is 6.71. The Morgan fingerprint density at radius 2 is 2.12 bits per heavy atom. The molecule has 4 atom stereocenters. The molecule has 2 unspecified atom stereocenters. The van der Waals surface area contributed by atoms with Gasteiger partial charge in [0, 0.05) is 30.1 Å². The molecule has 1 aromatic carbocycles. The molecule has 0 radical (unpaired) electrons. The Morgan fingerprint density at radius 1 is 1.33 bits per heavy atom. The van der Waals surface area contributed by atoms with Gasteiger partial charge in [-0.15, -0.1) is 0 Å². The Labute approximate surface area is 145 Å². The van der Waals surface area contributed by atoms with E-state index in [2.05, 4.69) is 10.6 Å². The van der Waals surface area contributed by atoms with E-state index in [9.17, 15) is 9.59 Å². The fourth-order valence-corrected chi connectivity index (χ4v) is 3.69. The number of piperidine rings is 1. The van der Waals surface area contributed by atoms with Gasteiger partial charge in [-0.1, -0.05) is 23.7 Å². The van der Waals surface area contributed by atoms with Crippen molar-refractivity contribution < 1.29 is 14.3 Å². The summed E-state index contributed by atoms with van der Waals surface area (Å²) in [5, 5.41) is 6.73. The van der Waals surface area contributed by atoms with E-state index >= 15 is 0 Å². The normalized spacial score (nSPS) is 31.9. The lowest BCUT2D eigenvalue weighted by Gasteiger charge is -2.41. The van der Waals surface area contributed by atoms with E-state index in [1.54, 1.807) is 4.90 Å². The van der Waals surface area contributed by atoms with Crippen molar-refractivity contribution >= 4 is 23.5 Å². The average molecular weight is 350 g/mol. The third-order valence-corrected chi connectivity index (χ3v) is 5.26. The molecule has 0 aromatic heterocycles. The number of nitrogens with zero attached hydrogens (tertiary/aromatic N) is 1. The quantitative estimate of drug-likeness (QED) is 0.850. The largest absolute Gasteiger partial charge is 0.366 e. The maximum Gasteiger partial charge on any atom is 0.317 e. The van der Waals surface area contributed by atoms with Crippen LogP contribution in [0.5, 0.6) is 0 Å². The lowest BCUT2D eigenvalue weighted by Crippen LogP contribution is -2.62. The number of hydrogen-bond acceptors (Lipinski definition) is 3. The first-order chi connectivity index (χ1) is 11.6. The van der Waals surface area contributed by atoms with Crippen molar-refractivity contribution in [3.8, 4) is 0 Å². The molecule has 128 valence electrons. The number of carbonyl (C=O) groups excluding carboxylic acids is 2. The van der Waals surface area contributed by atoms with E-state index in [0.29, 0.717) is 19.0 Å². The van der Waals surface area contributed by atoms with Crippen LogP contribution in [-0.2, 0) is 9.53 Å². The van der Waals surface area contributed by atoms with Crippen LogP contribution in [0, 0.1) is 0 Å². The second-order valence-corrected chi connectivity index (χ2v) is 7.14. The molecular formula is C17H20ClN3O3. The predicted octanol–water partition coefficient (Wildman–Crippen LogP) is 1.49. The number of fused-ring (bicyclic) bond motifs is 1. The maximum atomic E-state index is 12.5. The highest BCUT2D eigenvalue weighted by atomic mass is 35.5. The van der Waals surface area contributed by atoms with Gasteiger partial charge in [0.2, 0.25) is 5.91 Å². The van der Waals surface area contributed by atoms with Crippen LogP contribution in [0.15, 0.2) is 24.3 Å². The summed E-state index contributed by atoms with van der Waals surface area (Å²) in [5.74, 6) is 0.255. The maximum absolute atomic E-state index is 12.5. The van der Waals surface area contributed by atoms with Gasteiger partial charge in [0.25, 0.3) is 0 Å². The number of morpholine rings is 1. The highest BCUT2D eigenvalue weighted by Crippen LogP contribution is 2.41. The number of carbonyl (C=O) groups is 2. The number of likely N-dealkylation sites (tertiary alicyclic amines) is 1. The third kappa shape index (κ3) is 3.21. The number of rotatable bonds is 2. The lowest BCUT2D eigenvalue weighted by molar-refractivity contribution is -0.139. The van der Waals surface area contributed by atoms with Gasteiger partial charge in [0.1, 0.15) is 6.61 Å². The summed E-state index contributed by atoms with van der Waals surface area (Å²) in [4.78, 5) is 25.7. The van der Waals surface area contributed by atoms with Crippen LogP contribution >= 0.6 is 11.6 Å². The smallest absolute Gasteiger partial charge is 0.317 e. The van der Waals surface area contributed by atoms with E-state index < -0.39 is 0 Å². The number of ether oxygens (including phenoxy) is 1. The minimum absolute atomic E-state index is 0.0227. The van der Waals surface area contributed by atoms with Crippen molar-refractivity contribution in [2.45, 2.75) is 36.9 Å². The zero-order valence-corrected chi connectivity index (χ0v) is 14.0. The van der Waals surface area contributed by atoms with Gasteiger partial charge in [0.15, 0.2) is 0 Å². The lowest BCUT2D eigenvalue weighted by atomic mass is 10.0. The predicted molar refractivity (Wildman–Crippen MR) is 89.0 cm³/mol. The zero-order chi connectivity index (χ0) is 16.7. The molecule has 6 nitrogen and oxygen atoms in total. The Bertz CT molecular complexity index is 651. The number of hydrogen-bond donors (Lipinski definition) is 2. The molecule has 0 spiro atoms. The van der Waals surface area contributed by atoms with Crippen LogP contribution < -0.4 is 10.6 Å². The van der Waals surface area contributed by atoms with Crippen LogP contribution in [0.1, 0.15) is 24.3 Å². The summed E-state index contributed by atoms with van der Waals surface area (Å²) in [6.45, 7) is 1.28. The number of benzene rings is 1. The van der Waals surface area contributed by atoms with Crippen molar-refractivity contribution in [3.05, 3.63) is 34.9 Å². The SMILES string of the molecule is O=C1COC2CCN(C(=O)N[C@@H]3C[C@H]3c3ccc(Cl)cc3)CC2N1. The molecule has 2 heterocycles. The molecule has 3 fully saturated rings. The van der Waals surface area contributed by atoms with Crippen molar-refractivity contribution in [2.75, 3.05) is 19.7 Å². The Kier molecular flexibility index (Phi) is 4.10. The van der Waals surface area contributed by atoms with Gasteiger partial charge < -0.3 is 20.3 Å². The second kappa shape index (κ2) is 6.26. The molecule has 1 saturated carbocycles. The van der Waals surface area contributed by atoms with Crippen molar-refractivity contribution in [1.29, 1.82) is 0 Å². The van der Waals surface area contributed by atoms with Gasteiger partial charge in [-0.3, -0.25) is 4.79 Å². The monoisotopic (exact) mass is 349 g/mol. The molecule has 24 heavy (non-hydrogen) atoms. The first kappa shape index (κ1) is 15.7. The Balaban J connectivity index is 1.31. The first-order valence-electron chi connectivity index (χ1n) is 8.32. The van der Waals surface area contributed by atoms with Crippen LogP contribution in [0.4, 0.5) is 4.79 Å². The number of halogens is 1. The summed E-state index contributed by atoms with van der Waals surface area (Å²) in [7, 11) is 0.